The van der Waals surface area contributed by atoms with Gasteiger partial charge in [0.25, 0.3) is 0 Å². The van der Waals surface area contributed by atoms with E-state index < -0.39 is 11.7 Å². The Labute approximate surface area is 127 Å². The Morgan fingerprint density at radius 2 is 1.91 bits per heavy atom. The highest BCUT2D eigenvalue weighted by atomic mass is 19.4. The van der Waals surface area contributed by atoms with Crippen LogP contribution in [-0.4, -0.2) is 11.0 Å². The molecule has 22 heavy (non-hydrogen) atoms. The molecule has 1 unspecified atom stereocenters. The molecule has 3 rings (SSSR count). The molecule has 0 amide bonds. The smallest absolute Gasteiger partial charge is 0.328 e. The summed E-state index contributed by atoms with van der Waals surface area (Å²) in [6.07, 6.45) is -0.214. The Balaban J connectivity index is 2.12. The Hall–Kier alpha value is -1.62. The summed E-state index contributed by atoms with van der Waals surface area (Å²) in [6.45, 7) is 2.15. The van der Waals surface area contributed by atoms with Crippen molar-refractivity contribution in [2.75, 3.05) is 0 Å². The number of halogens is 3. The summed E-state index contributed by atoms with van der Waals surface area (Å²) in [5.41, 5.74) is 6.42. The Morgan fingerprint density at radius 3 is 2.59 bits per heavy atom. The third-order valence-corrected chi connectivity index (χ3v) is 4.53. The van der Waals surface area contributed by atoms with Crippen LogP contribution in [0.3, 0.4) is 0 Å². The van der Waals surface area contributed by atoms with Crippen molar-refractivity contribution in [3.05, 3.63) is 41.6 Å². The monoisotopic (exact) mass is 308 g/mol. The molecule has 2 aromatic rings. The zero-order chi connectivity index (χ0) is 15.9. The van der Waals surface area contributed by atoms with Crippen molar-refractivity contribution in [3.63, 3.8) is 0 Å². The van der Waals surface area contributed by atoms with Gasteiger partial charge in [-0.15, -0.1) is 0 Å². The average Bonchev–Trinajstić information content (AvgIpc) is 2.44. The van der Waals surface area contributed by atoms with Crippen molar-refractivity contribution in [1.29, 1.82) is 0 Å². The molecule has 0 saturated heterocycles. The standard InChI is InChI=1S/C17H19F3N2/c1-10-7-11(9-12(21)8-10)13-4-5-15(17(18,19)20)16-14(13)3-2-6-22-16/h2-6,10-12H,7-9,21H2,1H3/t10-,11?,12-/m1/s1. The maximum Gasteiger partial charge on any atom is 0.418 e. The molecule has 0 radical (unpaired) electrons. The number of rotatable bonds is 1. The van der Waals surface area contributed by atoms with Crippen molar-refractivity contribution in [1.82, 2.24) is 4.98 Å². The SMILES string of the molecule is C[C@@H]1CC(c2ccc(C(F)(F)F)c3ncccc23)C[C@H](N)C1. The summed E-state index contributed by atoms with van der Waals surface area (Å²) < 4.78 is 39.5. The Bertz CT molecular complexity index is 671. The van der Waals surface area contributed by atoms with Gasteiger partial charge in [-0.25, -0.2) is 0 Å². The summed E-state index contributed by atoms with van der Waals surface area (Å²) >= 11 is 0. The number of aromatic nitrogens is 1. The first kappa shape index (κ1) is 15.3. The van der Waals surface area contributed by atoms with Gasteiger partial charge in [-0.3, -0.25) is 4.98 Å². The molecule has 0 aliphatic heterocycles. The normalized spacial score (nSPS) is 26.3. The Morgan fingerprint density at radius 1 is 1.14 bits per heavy atom. The van der Waals surface area contributed by atoms with Crippen LogP contribution in [0.5, 0.6) is 0 Å². The molecule has 1 aliphatic carbocycles. The van der Waals surface area contributed by atoms with Crippen LogP contribution in [0.4, 0.5) is 13.2 Å². The lowest BCUT2D eigenvalue weighted by atomic mass is 9.75. The molecular weight excluding hydrogens is 289 g/mol. The first-order valence-corrected chi connectivity index (χ1v) is 7.56. The van der Waals surface area contributed by atoms with Gasteiger partial charge in [0.05, 0.1) is 11.1 Å². The lowest BCUT2D eigenvalue weighted by molar-refractivity contribution is -0.136. The van der Waals surface area contributed by atoms with Crippen molar-refractivity contribution in [3.8, 4) is 0 Å². The van der Waals surface area contributed by atoms with E-state index in [0.717, 1.165) is 30.9 Å². The fourth-order valence-electron chi connectivity index (χ4n) is 3.69. The number of fused-ring (bicyclic) bond motifs is 1. The van der Waals surface area contributed by atoms with E-state index in [-0.39, 0.29) is 17.5 Å². The van der Waals surface area contributed by atoms with E-state index in [4.69, 9.17) is 5.73 Å². The quantitative estimate of drug-likeness (QED) is 0.843. The summed E-state index contributed by atoms with van der Waals surface area (Å²) in [6, 6.07) is 6.32. The van der Waals surface area contributed by atoms with E-state index in [2.05, 4.69) is 11.9 Å². The van der Waals surface area contributed by atoms with Gasteiger partial charge >= 0.3 is 6.18 Å². The van der Waals surface area contributed by atoms with Gasteiger partial charge in [-0.1, -0.05) is 19.1 Å². The third-order valence-electron chi connectivity index (χ3n) is 4.53. The van der Waals surface area contributed by atoms with Gasteiger partial charge in [-0.05, 0) is 48.8 Å². The summed E-state index contributed by atoms with van der Waals surface area (Å²) in [4.78, 5) is 3.99. The fraction of sp³-hybridized carbons (Fsp3) is 0.471. The molecule has 1 fully saturated rings. The number of hydrogen-bond acceptors (Lipinski definition) is 2. The second-order valence-corrected chi connectivity index (χ2v) is 6.37. The molecule has 3 atom stereocenters. The molecule has 0 bridgehead atoms. The van der Waals surface area contributed by atoms with Crippen molar-refractivity contribution < 1.29 is 13.2 Å². The van der Waals surface area contributed by atoms with Crippen molar-refractivity contribution in [2.45, 2.75) is 44.3 Å². The number of nitrogens with zero attached hydrogens (tertiary/aromatic N) is 1. The zero-order valence-corrected chi connectivity index (χ0v) is 12.4. The molecule has 1 aliphatic rings. The van der Waals surface area contributed by atoms with Crippen LogP contribution < -0.4 is 5.73 Å². The molecule has 0 spiro atoms. The second-order valence-electron chi connectivity index (χ2n) is 6.37. The molecule has 1 aromatic heterocycles. The third kappa shape index (κ3) is 2.82. The number of pyridine rings is 1. The molecule has 1 saturated carbocycles. The maximum absolute atomic E-state index is 13.2. The number of benzene rings is 1. The summed E-state index contributed by atoms with van der Waals surface area (Å²) in [7, 11) is 0. The molecule has 2 N–H and O–H groups in total. The van der Waals surface area contributed by atoms with Gasteiger partial charge in [0.2, 0.25) is 0 Å². The average molecular weight is 308 g/mol. The highest BCUT2D eigenvalue weighted by Gasteiger charge is 2.35. The second kappa shape index (κ2) is 5.54. The van der Waals surface area contributed by atoms with E-state index in [1.165, 1.54) is 6.20 Å². The van der Waals surface area contributed by atoms with E-state index in [9.17, 15) is 13.2 Å². The highest BCUT2D eigenvalue weighted by Crippen LogP contribution is 2.41. The number of hydrogen-bond donors (Lipinski definition) is 1. The van der Waals surface area contributed by atoms with Crippen LogP contribution in [0, 0.1) is 5.92 Å². The minimum atomic E-state index is -4.39. The van der Waals surface area contributed by atoms with E-state index in [1.807, 2.05) is 0 Å². The van der Waals surface area contributed by atoms with Crippen LogP contribution >= 0.6 is 0 Å². The van der Waals surface area contributed by atoms with Crippen molar-refractivity contribution in [2.24, 2.45) is 11.7 Å². The van der Waals surface area contributed by atoms with Gasteiger partial charge in [0.1, 0.15) is 0 Å². The van der Waals surface area contributed by atoms with Crippen LogP contribution in [0.15, 0.2) is 30.5 Å². The van der Waals surface area contributed by atoms with E-state index >= 15 is 0 Å². The largest absolute Gasteiger partial charge is 0.418 e. The maximum atomic E-state index is 13.2. The first-order chi connectivity index (χ1) is 10.4. The molecule has 2 nitrogen and oxygen atoms in total. The van der Waals surface area contributed by atoms with Crippen LogP contribution in [0.1, 0.15) is 43.2 Å². The minimum Gasteiger partial charge on any atom is -0.328 e. The highest BCUT2D eigenvalue weighted by molar-refractivity contribution is 5.86. The topological polar surface area (TPSA) is 38.9 Å². The van der Waals surface area contributed by atoms with Gasteiger partial charge in [0, 0.05) is 17.6 Å². The van der Waals surface area contributed by atoms with Crippen LogP contribution in [0.25, 0.3) is 10.9 Å². The molecule has 1 heterocycles. The number of alkyl halides is 3. The predicted octanol–water partition coefficient (Wildman–Crippen LogP) is 4.48. The van der Waals surface area contributed by atoms with Gasteiger partial charge in [-0.2, -0.15) is 13.2 Å². The predicted molar refractivity (Wildman–Crippen MR) is 80.5 cm³/mol. The zero-order valence-electron chi connectivity index (χ0n) is 12.4. The van der Waals surface area contributed by atoms with Gasteiger partial charge in [0.15, 0.2) is 0 Å². The molecule has 118 valence electrons. The van der Waals surface area contributed by atoms with Crippen LogP contribution in [-0.2, 0) is 6.18 Å². The number of nitrogens with two attached hydrogens (primary N) is 1. The minimum absolute atomic E-state index is 0.0410. The van der Waals surface area contributed by atoms with Crippen LogP contribution in [0.2, 0.25) is 0 Å². The van der Waals surface area contributed by atoms with Gasteiger partial charge < -0.3 is 5.73 Å². The lowest BCUT2D eigenvalue weighted by Gasteiger charge is -2.32. The summed E-state index contributed by atoms with van der Waals surface area (Å²) in [5.74, 6) is 0.690. The first-order valence-electron chi connectivity index (χ1n) is 7.56. The molecule has 5 heteroatoms. The van der Waals surface area contributed by atoms with E-state index in [1.54, 1.807) is 18.2 Å². The molecular formula is C17H19F3N2. The lowest BCUT2D eigenvalue weighted by Crippen LogP contribution is -2.31. The summed E-state index contributed by atoms with van der Waals surface area (Å²) in [5, 5.41) is 0.601. The molecule has 1 aromatic carbocycles. The van der Waals surface area contributed by atoms with E-state index in [0.29, 0.717) is 11.3 Å². The fourth-order valence-corrected chi connectivity index (χ4v) is 3.69. The Kier molecular flexibility index (Phi) is 3.85. The van der Waals surface area contributed by atoms with Crippen molar-refractivity contribution >= 4 is 10.9 Å².